The molecule has 8 rings (SSSR count). The van der Waals surface area contributed by atoms with Gasteiger partial charge in [0.05, 0.1) is 0 Å². The van der Waals surface area contributed by atoms with Crippen molar-refractivity contribution >= 4 is 6.08 Å². The van der Waals surface area contributed by atoms with Crippen LogP contribution < -0.4 is 0 Å². The molecule has 6 aromatic rings. The van der Waals surface area contributed by atoms with Gasteiger partial charge in [0, 0.05) is 10.8 Å². The molecule has 0 nitrogen and oxygen atoms in total. The minimum absolute atomic E-state index is 0.0107. The molecule has 0 aliphatic heterocycles. The zero-order valence-electron chi connectivity index (χ0n) is 27.9. The molecule has 0 aromatic heterocycles. The normalized spacial score (nSPS) is 15.1. The van der Waals surface area contributed by atoms with Crippen LogP contribution in [-0.4, -0.2) is 0 Å². The second-order valence-corrected chi connectivity index (χ2v) is 14.1. The van der Waals surface area contributed by atoms with Gasteiger partial charge in [-0.2, -0.15) is 0 Å². The third-order valence-electron chi connectivity index (χ3n) is 10.6. The van der Waals surface area contributed by atoms with E-state index in [9.17, 15) is 0 Å². The molecule has 0 spiro atoms. The highest BCUT2D eigenvalue weighted by molar-refractivity contribution is 5.89. The lowest BCUT2D eigenvalue weighted by molar-refractivity contribution is 0.659. The molecule has 0 radical (unpaired) electrons. The third-order valence-corrected chi connectivity index (χ3v) is 10.6. The van der Waals surface area contributed by atoms with E-state index in [1.54, 1.807) is 0 Å². The van der Waals surface area contributed by atoms with Crippen LogP contribution in [0.1, 0.15) is 62.4 Å². The first-order valence-corrected chi connectivity index (χ1v) is 16.8. The van der Waals surface area contributed by atoms with Crippen molar-refractivity contribution in [1.29, 1.82) is 0 Å². The smallest absolute Gasteiger partial charge is 0.0159 e. The Hall–Kier alpha value is -5.20. The van der Waals surface area contributed by atoms with E-state index >= 15 is 0 Å². The lowest BCUT2D eigenvalue weighted by Gasteiger charge is -2.24. The average Bonchev–Trinajstić information content (AvgIpc) is 3.47. The number of hydrogen-bond donors (Lipinski definition) is 0. The molecule has 0 atom stereocenters. The topological polar surface area (TPSA) is 0 Å². The summed E-state index contributed by atoms with van der Waals surface area (Å²) < 4.78 is 0. The summed E-state index contributed by atoms with van der Waals surface area (Å²) in [5.74, 6) is 0. The molecule has 228 valence electrons. The molecule has 0 saturated carbocycles. The summed E-state index contributed by atoms with van der Waals surface area (Å²) in [6.07, 6.45) is 8.52. The zero-order valence-corrected chi connectivity index (χ0v) is 27.9. The van der Waals surface area contributed by atoms with Crippen molar-refractivity contribution in [3.8, 4) is 55.6 Å². The van der Waals surface area contributed by atoms with E-state index < -0.39 is 0 Å². The molecule has 47 heavy (non-hydrogen) atoms. The van der Waals surface area contributed by atoms with Crippen LogP contribution in [0.15, 0.2) is 146 Å². The van der Waals surface area contributed by atoms with Crippen LogP contribution in [0.25, 0.3) is 61.7 Å². The van der Waals surface area contributed by atoms with Gasteiger partial charge >= 0.3 is 0 Å². The fraction of sp³-hybridized carbons (Fsp3) is 0.149. The van der Waals surface area contributed by atoms with Gasteiger partial charge in [-0.3, -0.25) is 0 Å². The summed E-state index contributed by atoms with van der Waals surface area (Å²) in [5, 5.41) is 0. The molecular formula is C47H40. The van der Waals surface area contributed by atoms with Crippen LogP contribution in [0.2, 0.25) is 0 Å². The van der Waals surface area contributed by atoms with Gasteiger partial charge in [-0.15, -0.1) is 0 Å². The Morgan fingerprint density at radius 1 is 0.383 bits per heavy atom. The quantitative estimate of drug-likeness (QED) is 0.172. The monoisotopic (exact) mass is 604 g/mol. The number of hydrogen-bond acceptors (Lipinski definition) is 0. The minimum Gasteiger partial charge on any atom is -0.0877 e. The second-order valence-electron chi connectivity index (χ2n) is 14.1. The molecule has 0 heteroatoms. The van der Waals surface area contributed by atoms with E-state index in [0.29, 0.717) is 0 Å². The van der Waals surface area contributed by atoms with Gasteiger partial charge in [-0.1, -0.05) is 155 Å². The molecule has 2 aliphatic carbocycles. The summed E-state index contributed by atoms with van der Waals surface area (Å²) in [6.45, 7) is 11.6. The molecular weight excluding hydrogens is 565 g/mol. The van der Waals surface area contributed by atoms with Crippen molar-refractivity contribution in [3.05, 3.63) is 173 Å². The number of fused-ring (bicyclic) bond motifs is 6. The van der Waals surface area contributed by atoms with Crippen LogP contribution in [0.4, 0.5) is 0 Å². The standard InChI is InChI=1S/C47H40/c1-6-7-9-16-32-19-20-33(31-14-10-8-11-15-31)27-41(32)36-23-26-40-39-25-22-35(29-44(39)47(4,5)45(40)30-36)34-21-24-38-37-17-12-13-18-42(37)46(2,3)43(38)28-34/h6-30H,1-5H3/b7-6-,16-9+. The Morgan fingerprint density at radius 3 is 1.51 bits per heavy atom. The Bertz CT molecular complexity index is 2240. The van der Waals surface area contributed by atoms with Crippen LogP contribution >= 0.6 is 0 Å². The van der Waals surface area contributed by atoms with Gasteiger partial charge < -0.3 is 0 Å². The van der Waals surface area contributed by atoms with E-state index in [0.717, 1.165) is 0 Å². The number of benzene rings is 6. The fourth-order valence-electron chi connectivity index (χ4n) is 8.00. The molecule has 0 saturated heterocycles. The highest BCUT2D eigenvalue weighted by Crippen LogP contribution is 2.52. The lowest BCUT2D eigenvalue weighted by atomic mass is 9.79. The van der Waals surface area contributed by atoms with E-state index in [-0.39, 0.29) is 10.8 Å². The number of rotatable bonds is 5. The summed E-state index contributed by atoms with van der Waals surface area (Å²) in [7, 11) is 0. The Morgan fingerprint density at radius 2 is 0.872 bits per heavy atom. The summed E-state index contributed by atoms with van der Waals surface area (Å²) in [4.78, 5) is 0. The minimum atomic E-state index is -0.124. The molecule has 0 unspecified atom stereocenters. The van der Waals surface area contributed by atoms with E-state index in [2.05, 4.69) is 186 Å². The zero-order chi connectivity index (χ0) is 32.3. The van der Waals surface area contributed by atoms with Crippen molar-refractivity contribution in [2.45, 2.75) is 45.4 Å². The molecule has 0 heterocycles. The maximum atomic E-state index is 2.45. The molecule has 6 aromatic carbocycles. The first kappa shape index (κ1) is 29.2. The van der Waals surface area contributed by atoms with Crippen LogP contribution in [-0.2, 0) is 10.8 Å². The van der Waals surface area contributed by atoms with Gasteiger partial charge in [-0.05, 0) is 115 Å². The Labute approximate surface area is 279 Å². The Kier molecular flexibility index (Phi) is 6.81. The predicted octanol–water partition coefficient (Wildman–Crippen LogP) is 12.9. The molecule has 0 amide bonds. The second kappa shape index (κ2) is 11.0. The van der Waals surface area contributed by atoms with Gasteiger partial charge in [0.2, 0.25) is 0 Å². The van der Waals surface area contributed by atoms with Crippen LogP contribution in [0, 0.1) is 0 Å². The maximum Gasteiger partial charge on any atom is 0.0159 e. The van der Waals surface area contributed by atoms with Crippen LogP contribution in [0.3, 0.4) is 0 Å². The van der Waals surface area contributed by atoms with Gasteiger partial charge in [0.15, 0.2) is 0 Å². The van der Waals surface area contributed by atoms with E-state index in [4.69, 9.17) is 0 Å². The lowest BCUT2D eigenvalue weighted by Crippen LogP contribution is -2.15. The number of allylic oxidation sites excluding steroid dienone is 3. The highest BCUT2D eigenvalue weighted by atomic mass is 14.4. The molecule has 2 aliphatic rings. The summed E-state index contributed by atoms with van der Waals surface area (Å²) in [6, 6.07) is 47.7. The van der Waals surface area contributed by atoms with Crippen molar-refractivity contribution in [1.82, 2.24) is 0 Å². The Balaban J connectivity index is 1.20. The first-order chi connectivity index (χ1) is 22.8. The first-order valence-electron chi connectivity index (χ1n) is 16.8. The third kappa shape index (κ3) is 4.66. The van der Waals surface area contributed by atoms with E-state index in [1.165, 1.54) is 83.5 Å². The molecule has 0 N–H and O–H groups in total. The summed E-state index contributed by atoms with van der Waals surface area (Å²) >= 11 is 0. The van der Waals surface area contributed by atoms with Crippen LogP contribution in [0.5, 0.6) is 0 Å². The maximum absolute atomic E-state index is 2.45. The summed E-state index contributed by atoms with van der Waals surface area (Å²) in [5.41, 5.74) is 19.7. The highest BCUT2D eigenvalue weighted by Gasteiger charge is 2.37. The van der Waals surface area contributed by atoms with Gasteiger partial charge in [0.25, 0.3) is 0 Å². The fourth-order valence-corrected chi connectivity index (χ4v) is 8.00. The van der Waals surface area contributed by atoms with Crippen molar-refractivity contribution in [2.75, 3.05) is 0 Å². The van der Waals surface area contributed by atoms with E-state index in [1.807, 2.05) is 0 Å². The van der Waals surface area contributed by atoms with Crippen molar-refractivity contribution in [2.24, 2.45) is 0 Å². The van der Waals surface area contributed by atoms with Gasteiger partial charge in [-0.25, -0.2) is 0 Å². The van der Waals surface area contributed by atoms with Crippen molar-refractivity contribution < 1.29 is 0 Å². The molecule has 0 bridgehead atoms. The van der Waals surface area contributed by atoms with Gasteiger partial charge in [0.1, 0.15) is 0 Å². The molecule has 0 fully saturated rings. The van der Waals surface area contributed by atoms with Crippen molar-refractivity contribution in [3.63, 3.8) is 0 Å². The average molecular weight is 605 g/mol. The SMILES string of the molecule is C/C=C\C=C\c1ccc(-c2ccccc2)cc1-c1ccc2c(c1)C(C)(C)c1cc(-c3ccc4c(c3)C(C)(C)c3ccccc3-4)ccc1-2. The predicted molar refractivity (Wildman–Crippen MR) is 202 cm³/mol. The largest absolute Gasteiger partial charge is 0.0877 e.